The molecule has 9 nitrogen and oxygen atoms in total. The summed E-state index contributed by atoms with van der Waals surface area (Å²) in [6.45, 7) is 1.74. The van der Waals surface area contributed by atoms with Gasteiger partial charge in [-0.05, 0) is 36.4 Å². The molecule has 2 amide bonds. The van der Waals surface area contributed by atoms with Crippen molar-refractivity contribution in [3.8, 4) is 22.9 Å². The fraction of sp³-hybridized carbons (Fsp3) is 0.150. The van der Waals surface area contributed by atoms with E-state index in [0.717, 1.165) is 17.3 Å². The van der Waals surface area contributed by atoms with E-state index in [4.69, 9.17) is 20.4 Å². The lowest BCUT2D eigenvalue weighted by molar-refractivity contribution is -0.119. The summed E-state index contributed by atoms with van der Waals surface area (Å²) in [5.74, 6) is 1.21. The van der Waals surface area contributed by atoms with E-state index in [0.29, 0.717) is 39.8 Å². The summed E-state index contributed by atoms with van der Waals surface area (Å²) in [6.07, 6.45) is 0. The molecule has 0 radical (unpaired) electrons. The molecule has 3 aromatic heterocycles. The second-order valence-corrected chi connectivity index (χ2v) is 8.65. The Balaban J connectivity index is 1.29. The molecular formula is C20H16ClN5O4S2. The number of halogens is 1. The number of carbonyl (C=O) groups excluding carboxylic acids is 2. The Morgan fingerprint density at radius 1 is 1.12 bits per heavy atom. The van der Waals surface area contributed by atoms with Gasteiger partial charge in [0, 0.05) is 22.9 Å². The zero-order chi connectivity index (χ0) is 22.5. The number of hydrogen-bond acceptors (Lipinski definition) is 9. The lowest BCUT2D eigenvalue weighted by atomic mass is 10.2. The smallest absolute Gasteiger partial charge is 0.277 e. The van der Waals surface area contributed by atoms with Crippen molar-refractivity contribution in [2.24, 2.45) is 0 Å². The van der Waals surface area contributed by atoms with Gasteiger partial charge in [0.25, 0.3) is 5.22 Å². The normalized spacial score (nSPS) is 10.8. The van der Waals surface area contributed by atoms with Crippen LogP contribution < -0.4 is 10.6 Å². The molecule has 3 heterocycles. The summed E-state index contributed by atoms with van der Waals surface area (Å²) < 4.78 is 11.2. The first-order valence-electron chi connectivity index (χ1n) is 9.27. The average Bonchev–Trinajstić information content (AvgIpc) is 3.52. The van der Waals surface area contributed by atoms with E-state index < -0.39 is 0 Å². The maximum Gasteiger partial charge on any atom is 0.277 e. The maximum absolute atomic E-state index is 12.3. The highest BCUT2D eigenvalue weighted by molar-refractivity contribution is 7.99. The van der Waals surface area contributed by atoms with E-state index in [1.165, 1.54) is 18.3 Å². The van der Waals surface area contributed by atoms with Crippen molar-refractivity contribution < 1.29 is 18.4 Å². The van der Waals surface area contributed by atoms with Crippen molar-refractivity contribution in [1.29, 1.82) is 0 Å². The van der Waals surface area contributed by atoms with Crippen LogP contribution in [0, 0.1) is 0 Å². The van der Waals surface area contributed by atoms with Crippen LogP contribution in [0.25, 0.3) is 22.9 Å². The highest BCUT2D eigenvalue weighted by Crippen LogP contribution is 2.27. The molecule has 0 saturated carbocycles. The second kappa shape index (κ2) is 9.98. The molecular weight excluding hydrogens is 474 g/mol. The van der Waals surface area contributed by atoms with E-state index in [1.54, 1.807) is 41.8 Å². The van der Waals surface area contributed by atoms with Gasteiger partial charge in [-0.3, -0.25) is 9.59 Å². The highest BCUT2D eigenvalue weighted by Gasteiger charge is 2.14. The minimum Gasteiger partial charge on any atom is -0.458 e. The number of thiazole rings is 1. The van der Waals surface area contributed by atoms with E-state index >= 15 is 0 Å². The molecule has 12 heteroatoms. The highest BCUT2D eigenvalue weighted by atomic mass is 35.5. The quantitative estimate of drug-likeness (QED) is 0.347. The van der Waals surface area contributed by atoms with E-state index in [9.17, 15) is 9.59 Å². The van der Waals surface area contributed by atoms with E-state index in [-0.39, 0.29) is 22.8 Å². The number of thioether (sulfide) groups is 1. The Hall–Kier alpha value is -3.15. The van der Waals surface area contributed by atoms with Crippen molar-refractivity contribution in [3.63, 3.8) is 0 Å². The Bertz CT molecular complexity index is 1230. The monoisotopic (exact) mass is 489 g/mol. The van der Waals surface area contributed by atoms with Crippen molar-refractivity contribution >= 4 is 51.6 Å². The van der Waals surface area contributed by atoms with Gasteiger partial charge < -0.3 is 19.5 Å². The first-order chi connectivity index (χ1) is 15.5. The van der Waals surface area contributed by atoms with Gasteiger partial charge in [0.15, 0.2) is 10.9 Å². The number of aromatic nitrogens is 3. The summed E-state index contributed by atoms with van der Waals surface area (Å²) in [7, 11) is 0. The molecule has 1 aromatic carbocycles. The Labute approximate surface area is 195 Å². The van der Waals surface area contributed by atoms with Crippen LogP contribution in [-0.4, -0.2) is 32.7 Å². The molecule has 0 aliphatic rings. The van der Waals surface area contributed by atoms with Crippen molar-refractivity contribution in [1.82, 2.24) is 20.5 Å². The summed E-state index contributed by atoms with van der Waals surface area (Å²) in [4.78, 5) is 27.6. The third kappa shape index (κ3) is 5.75. The van der Waals surface area contributed by atoms with Crippen LogP contribution in [-0.2, 0) is 16.1 Å². The van der Waals surface area contributed by atoms with Crippen LogP contribution in [0.15, 0.2) is 55.8 Å². The van der Waals surface area contributed by atoms with Gasteiger partial charge in [0.1, 0.15) is 11.5 Å². The molecule has 0 fully saturated rings. The van der Waals surface area contributed by atoms with Gasteiger partial charge in [0.05, 0.1) is 12.3 Å². The predicted octanol–water partition coefficient (Wildman–Crippen LogP) is 4.47. The molecule has 4 aromatic rings. The van der Waals surface area contributed by atoms with Gasteiger partial charge in [-0.25, -0.2) is 4.98 Å². The SMILES string of the molecule is CC(=O)NCc1ccc(-c2csc(NC(=O)CSc3nnc(-c4ccc(Cl)cc4)o3)n2)o1. The van der Waals surface area contributed by atoms with Crippen LogP contribution in [0.3, 0.4) is 0 Å². The van der Waals surface area contributed by atoms with Crippen molar-refractivity contribution in [2.75, 3.05) is 11.1 Å². The standard InChI is InChI=1S/C20H16ClN5O4S2/c1-11(27)22-8-14-6-7-16(29-14)15-9-31-19(23-15)24-17(28)10-32-20-26-25-18(30-20)12-2-4-13(21)5-3-12/h2-7,9H,8,10H2,1H3,(H,22,27)(H,23,24,28). The zero-order valence-electron chi connectivity index (χ0n) is 16.6. The lowest BCUT2D eigenvalue weighted by Gasteiger charge is -1.99. The van der Waals surface area contributed by atoms with Gasteiger partial charge in [-0.2, -0.15) is 0 Å². The number of nitrogens with one attached hydrogen (secondary N) is 2. The van der Waals surface area contributed by atoms with E-state index in [2.05, 4.69) is 25.8 Å². The van der Waals surface area contributed by atoms with Crippen molar-refractivity contribution in [3.05, 3.63) is 52.6 Å². The maximum atomic E-state index is 12.3. The molecule has 0 aliphatic carbocycles. The Morgan fingerprint density at radius 2 is 1.94 bits per heavy atom. The molecule has 0 saturated heterocycles. The van der Waals surface area contributed by atoms with Crippen LogP contribution in [0.1, 0.15) is 12.7 Å². The minimum atomic E-state index is -0.257. The Morgan fingerprint density at radius 3 is 2.72 bits per heavy atom. The van der Waals surface area contributed by atoms with Crippen LogP contribution in [0.5, 0.6) is 0 Å². The fourth-order valence-electron chi connectivity index (χ4n) is 2.53. The third-order valence-corrected chi connectivity index (χ3v) is 5.83. The number of anilines is 1. The predicted molar refractivity (Wildman–Crippen MR) is 121 cm³/mol. The van der Waals surface area contributed by atoms with Crippen LogP contribution in [0.2, 0.25) is 5.02 Å². The minimum absolute atomic E-state index is 0.0821. The summed E-state index contributed by atoms with van der Waals surface area (Å²) in [6, 6.07) is 10.5. The van der Waals surface area contributed by atoms with Crippen LogP contribution in [0.4, 0.5) is 5.13 Å². The molecule has 2 N–H and O–H groups in total. The van der Waals surface area contributed by atoms with Gasteiger partial charge in [-0.1, -0.05) is 23.4 Å². The molecule has 0 atom stereocenters. The number of furan rings is 1. The zero-order valence-corrected chi connectivity index (χ0v) is 19.0. The second-order valence-electron chi connectivity index (χ2n) is 6.43. The van der Waals surface area contributed by atoms with E-state index in [1.807, 2.05) is 0 Å². The van der Waals surface area contributed by atoms with Gasteiger partial charge >= 0.3 is 0 Å². The third-order valence-electron chi connectivity index (χ3n) is 4.00. The number of hydrogen-bond donors (Lipinski definition) is 2. The fourth-order valence-corrected chi connectivity index (χ4v) is 3.93. The van der Waals surface area contributed by atoms with Gasteiger partial charge in [-0.15, -0.1) is 21.5 Å². The largest absolute Gasteiger partial charge is 0.458 e. The number of carbonyl (C=O) groups is 2. The summed E-state index contributed by atoms with van der Waals surface area (Å²) in [5, 5.41) is 16.5. The molecule has 0 aliphatic heterocycles. The Kier molecular flexibility index (Phi) is 6.88. The molecule has 4 rings (SSSR count). The summed E-state index contributed by atoms with van der Waals surface area (Å²) in [5.41, 5.74) is 1.34. The molecule has 0 spiro atoms. The van der Waals surface area contributed by atoms with Gasteiger partial charge in [0.2, 0.25) is 17.7 Å². The number of amides is 2. The number of benzene rings is 1. The van der Waals surface area contributed by atoms with Crippen molar-refractivity contribution in [2.45, 2.75) is 18.7 Å². The topological polar surface area (TPSA) is 123 Å². The molecule has 164 valence electrons. The molecule has 0 unspecified atom stereocenters. The first-order valence-corrected chi connectivity index (χ1v) is 11.5. The first kappa shape index (κ1) is 22.1. The number of nitrogens with zero attached hydrogens (tertiary/aromatic N) is 3. The number of rotatable bonds is 8. The molecule has 0 bridgehead atoms. The average molecular weight is 490 g/mol. The van der Waals surface area contributed by atoms with Crippen LogP contribution >= 0.6 is 34.7 Å². The molecule has 32 heavy (non-hydrogen) atoms. The lowest BCUT2D eigenvalue weighted by Crippen LogP contribution is -2.18. The summed E-state index contributed by atoms with van der Waals surface area (Å²) >= 11 is 8.28.